The molecule has 3 aromatic heterocycles. The number of carbonyl (C=O) groups is 1. The fraction of sp³-hybridized carbons (Fsp3) is 0.429. The van der Waals surface area contributed by atoms with Crippen molar-refractivity contribution in [2.45, 2.75) is 40.3 Å². The first-order valence-electron chi connectivity index (χ1n) is 7.02. The predicted octanol–water partition coefficient (Wildman–Crippen LogP) is 1.25. The highest BCUT2D eigenvalue weighted by molar-refractivity contribution is 7.16. The summed E-state index contributed by atoms with van der Waals surface area (Å²) in [7, 11) is 0. The van der Waals surface area contributed by atoms with Crippen molar-refractivity contribution in [1.82, 2.24) is 24.5 Å². The van der Waals surface area contributed by atoms with Crippen LogP contribution in [0.3, 0.4) is 0 Å². The molecule has 0 saturated carbocycles. The first-order chi connectivity index (χ1) is 10.4. The van der Waals surface area contributed by atoms with Gasteiger partial charge in [-0.05, 0) is 33.8 Å². The fourth-order valence-electron chi connectivity index (χ4n) is 2.47. The van der Waals surface area contributed by atoms with Crippen LogP contribution in [0.4, 0.5) is 0 Å². The molecule has 0 fully saturated rings. The van der Waals surface area contributed by atoms with E-state index in [-0.39, 0.29) is 24.1 Å². The Balaban J connectivity index is 2.17. The van der Waals surface area contributed by atoms with E-state index < -0.39 is 0 Å². The molecule has 116 valence electrons. The molecule has 0 aliphatic heterocycles. The number of fused-ring (bicyclic) bond motifs is 2. The van der Waals surface area contributed by atoms with E-state index in [1.165, 1.54) is 15.9 Å². The summed E-state index contributed by atoms with van der Waals surface area (Å²) < 4.78 is 3.00. The Kier molecular flexibility index (Phi) is 3.48. The van der Waals surface area contributed by atoms with Gasteiger partial charge in [-0.25, -0.2) is 4.98 Å². The molecule has 8 heteroatoms. The molecule has 0 aromatic carbocycles. The number of carbonyl (C=O) groups excluding carboxylic acids is 1. The average molecular weight is 319 g/mol. The van der Waals surface area contributed by atoms with E-state index >= 15 is 0 Å². The van der Waals surface area contributed by atoms with Crippen LogP contribution in [0.1, 0.15) is 24.5 Å². The summed E-state index contributed by atoms with van der Waals surface area (Å²) in [4.78, 5) is 29.7. The lowest BCUT2D eigenvalue weighted by Gasteiger charge is -2.11. The van der Waals surface area contributed by atoms with Gasteiger partial charge in [0.15, 0.2) is 0 Å². The number of hydrogen-bond acceptors (Lipinski definition) is 5. The molecule has 0 bridgehead atoms. The topological polar surface area (TPSA) is 81.3 Å². The number of rotatable bonds is 3. The lowest BCUT2D eigenvalue weighted by atomic mass is 10.4. The second kappa shape index (κ2) is 5.20. The van der Waals surface area contributed by atoms with Gasteiger partial charge < -0.3 is 9.88 Å². The van der Waals surface area contributed by atoms with Gasteiger partial charge in [-0.15, -0.1) is 0 Å². The molecule has 0 aliphatic carbocycles. The van der Waals surface area contributed by atoms with Crippen LogP contribution >= 0.6 is 11.3 Å². The van der Waals surface area contributed by atoms with Gasteiger partial charge in [0.25, 0.3) is 5.56 Å². The zero-order valence-electron chi connectivity index (χ0n) is 12.9. The van der Waals surface area contributed by atoms with E-state index in [2.05, 4.69) is 15.4 Å². The molecule has 0 radical (unpaired) electrons. The van der Waals surface area contributed by atoms with Crippen LogP contribution in [-0.4, -0.2) is 31.1 Å². The average Bonchev–Trinajstić information content (AvgIpc) is 2.90. The van der Waals surface area contributed by atoms with Gasteiger partial charge >= 0.3 is 0 Å². The number of hydrogen-bond donors (Lipinski definition) is 1. The molecule has 3 rings (SSSR count). The molecular formula is C14H17N5O2S. The summed E-state index contributed by atoms with van der Waals surface area (Å²) in [6, 6.07) is 1.88. The molecule has 1 amide bonds. The van der Waals surface area contributed by atoms with Crippen LogP contribution in [-0.2, 0) is 11.3 Å². The third-order valence-corrected chi connectivity index (χ3v) is 4.13. The minimum Gasteiger partial charge on any atom is -0.352 e. The number of aryl methyl sites for hydroxylation is 2. The van der Waals surface area contributed by atoms with Gasteiger partial charge in [-0.3, -0.25) is 9.59 Å². The Morgan fingerprint density at radius 2 is 2.14 bits per heavy atom. The first kappa shape index (κ1) is 14.7. The molecule has 0 atom stereocenters. The van der Waals surface area contributed by atoms with Crippen molar-refractivity contribution in [1.29, 1.82) is 0 Å². The van der Waals surface area contributed by atoms with E-state index in [1.807, 2.05) is 33.8 Å². The minimum absolute atomic E-state index is 0.0572. The monoisotopic (exact) mass is 319 g/mol. The molecule has 7 nitrogen and oxygen atoms in total. The van der Waals surface area contributed by atoms with Gasteiger partial charge in [-0.1, -0.05) is 11.3 Å². The van der Waals surface area contributed by atoms with Crippen molar-refractivity contribution in [3.05, 3.63) is 27.1 Å². The Labute approximate surface area is 130 Å². The van der Waals surface area contributed by atoms with Crippen LogP contribution in [0, 0.1) is 13.8 Å². The van der Waals surface area contributed by atoms with Crippen molar-refractivity contribution in [2.24, 2.45) is 0 Å². The summed E-state index contributed by atoms with van der Waals surface area (Å²) in [6.45, 7) is 7.59. The SMILES string of the molecule is Cc1nn2c(=O)c3c(cc(C)n3CC(=O)NC(C)C)nc2s1. The van der Waals surface area contributed by atoms with E-state index in [0.717, 1.165) is 10.7 Å². The Hall–Kier alpha value is -2.22. The van der Waals surface area contributed by atoms with Crippen molar-refractivity contribution in [3.8, 4) is 0 Å². The van der Waals surface area contributed by atoms with Crippen LogP contribution in [0.2, 0.25) is 0 Å². The second-order valence-electron chi connectivity index (χ2n) is 5.56. The summed E-state index contributed by atoms with van der Waals surface area (Å²) in [5.41, 5.74) is 1.60. The largest absolute Gasteiger partial charge is 0.352 e. The highest BCUT2D eigenvalue weighted by Crippen LogP contribution is 2.18. The third kappa shape index (κ3) is 2.39. The van der Waals surface area contributed by atoms with Crippen molar-refractivity contribution in [3.63, 3.8) is 0 Å². The van der Waals surface area contributed by atoms with Crippen LogP contribution < -0.4 is 10.9 Å². The Morgan fingerprint density at radius 3 is 2.82 bits per heavy atom. The normalized spacial score (nSPS) is 11.7. The smallest absolute Gasteiger partial charge is 0.299 e. The predicted molar refractivity (Wildman–Crippen MR) is 85.4 cm³/mol. The van der Waals surface area contributed by atoms with Gasteiger partial charge in [0.1, 0.15) is 17.1 Å². The van der Waals surface area contributed by atoms with E-state index in [1.54, 1.807) is 4.57 Å². The maximum Gasteiger partial charge on any atom is 0.299 e. The van der Waals surface area contributed by atoms with E-state index in [4.69, 9.17) is 0 Å². The number of nitrogens with zero attached hydrogens (tertiary/aromatic N) is 4. The van der Waals surface area contributed by atoms with Crippen molar-refractivity contribution >= 4 is 33.2 Å². The van der Waals surface area contributed by atoms with Gasteiger partial charge in [0.2, 0.25) is 10.9 Å². The van der Waals surface area contributed by atoms with E-state index in [9.17, 15) is 9.59 Å². The zero-order valence-corrected chi connectivity index (χ0v) is 13.7. The molecule has 0 aliphatic rings. The molecule has 0 spiro atoms. The molecule has 0 saturated heterocycles. The van der Waals surface area contributed by atoms with Crippen LogP contribution in [0.25, 0.3) is 16.0 Å². The van der Waals surface area contributed by atoms with Crippen LogP contribution in [0.15, 0.2) is 10.9 Å². The molecule has 0 unspecified atom stereocenters. The second-order valence-corrected chi connectivity index (χ2v) is 6.72. The fourth-order valence-corrected chi connectivity index (χ4v) is 3.21. The first-order valence-corrected chi connectivity index (χ1v) is 7.84. The Morgan fingerprint density at radius 1 is 1.41 bits per heavy atom. The standard InChI is InChI=1S/C14H17N5O2S/c1-7(2)15-11(20)6-18-8(3)5-10-12(18)13(21)19-14(16-10)22-9(4)17-19/h5,7H,6H2,1-4H3,(H,15,20). The quantitative estimate of drug-likeness (QED) is 0.788. The summed E-state index contributed by atoms with van der Waals surface area (Å²) in [6.07, 6.45) is 0. The Bertz CT molecular complexity index is 934. The third-order valence-electron chi connectivity index (χ3n) is 3.31. The zero-order chi connectivity index (χ0) is 16.0. The number of aromatic nitrogens is 4. The summed E-state index contributed by atoms with van der Waals surface area (Å²) >= 11 is 1.37. The number of amides is 1. The summed E-state index contributed by atoms with van der Waals surface area (Å²) in [5.74, 6) is -0.130. The maximum absolute atomic E-state index is 12.7. The minimum atomic E-state index is -0.241. The van der Waals surface area contributed by atoms with Crippen molar-refractivity contribution < 1.29 is 4.79 Å². The highest BCUT2D eigenvalue weighted by Gasteiger charge is 2.17. The van der Waals surface area contributed by atoms with Gasteiger partial charge in [0.05, 0.1) is 5.52 Å². The van der Waals surface area contributed by atoms with E-state index in [0.29, 0.717) is 16.0 Å². The molecule has 22 heavy (non-hydrogen) atoms. The highest BCUT2D eigenvalue weighted by atomic mass is 32.1. The van der Waals surface area contributed by atoms with Crippen molar-refractivity contribution in [2.75, 3.05) is 0 Å². The molecular weight excluding hydrogens is 302 g/mol. The van der Waals surface area contributed by atoms with Gasteiger partial charge in [0, 0.05) is 11.7 Å². The summed E-state index contributed by atoms with van der Waals surface area (Å²) in [5, 5.41) is 7.79. The maximum atomic E-state index is 12.7. The lowest BCUT2D eigenvalue weighted by molar-refractivity contribution is -0.122. The van der Waals surface area contributed by atoms with Gasteiger partial charge in [-0.2, -0.15) is 9.61 Å². The number of nitrogens with one attached hydrogen (secondary N) is 1. The lowest BCUT2D eigenvalue weighted by Crippen LogP contribution is -2.34. The molecule has 3 aromatic rings. The molecule has 1 N–H and O–H groups in total. The molecule has 3 heterocycles. The van der Waals surface area contributed by atoms with Crippen LogP contribution in [0.5, 0.6) is 0 Å².